The summed E-state index contributed by atoms with van der Waals surface area (Å²) in [5.74, 6) is 3.58. The van der Waals surface area contributed by atoms with E-state index in [1.165, 1.54) is 0 Å². The zero-order chi connectivity index (χ0) is 6.57. The maximum atomic E-state index is 9.96. The van der Waals surface area contributed by atoms with Crippen LogP contribution in [-0.2, 0) is 9.63 Å². The summed E-state index contributed by atoms with van der Waals surface area (Å²) in [4.78, 5) is 14.0. The summed E-state index contributed by atoms with van der Waals surface area (Å²) in [5.41, 5.74) is 0. The molecule has 0 saturated heterocycles. The van der Waals surface area contributed by atoms with Gasteiger partial charge in [0.2, 0.25) is 0 Å². The van der Waals surface area contributed by atoms with Gasteiger partial charge in [0, 0.05) is 0 Å². The number of carboxylic acid groups (broad SMARTS) is 1. The van der Waals surface area contributed by atoms with Gasteiger partial charge in [-0.3, -0.25) is 4.84 Å². The van der Waals surface area contributed by atoms with E-state index in [2.05, 4.69) is 10.7 Å². The van der Waals surface area contributed by atoms with Crippen LogP contribution in [0.4, 0.5) is 0 Å². The van der Waals surface area contributed by atoms with Crippen molar-refractivity contribution in [3.8, 4) is 0 Å². The van der Waals surface area contributed by atoms with Crippen molar-refractivity contribution in [2.45, 2.75) is 19.4 Å². The van der Waals surface area contributed by atoms with E-state index >= 15 is 0 Å². The molecule has 0 aliphatic heterocycles. The van der Waals surface area contributed by atoms with Crippen LogP contribution < -0.4 is 5.90 Å². The fourth-order valence-electron chi connectivity index (χ4n) is 0.329. The van der Waals surface area contributed by atoms with E-state index in [1.807, 2.05) is 0 Å². The third-order valence-corrected chi connectivity index (χ3v) is 0.810. The zero-order valence-electron chi connectivity index (χ0n) is 4.63. The fraction of sp³-hybridized carbons (Fsp3) is 0.750. The van der Waals surface area contributed by atoms with Crippen LogP contribution in [0.3, 0.4) is 0 Å². The highest BCUT2D eigenvalue weighted by Gasteiger charge is 2.12. The average Bonchev–Trinajstić information content (AvgIpc) is 1.69. The van der Waals surface area contributed by atoms with E-state index in [4.69, 9.17) is 5.11 Å². The molecule has 0 bridgehead atoms. The molecule has 0 spiro atoms. The first-order chi connectivity index (χ1) is 3.72. The highest BCUT2D eigenvalue weighted by molar-refractivity contribution is 5.72. The molecule has 8 heavy (non-hydrogen) atoms. The lowest BCUT2D eigenvalue weighted by molar-refractivity contribution is -0.150. The first-order valence-electron chi connectivity index (χ1n) is 2.30. The van der Waals surface area contributed by atoms with Crippen LogP contribution in [0.25, 0.3) is 0 Å². The summed E-state index contributed by atoms with van der Waals surface area (Å²) < 4.78 is 0. The summed E-state index contributed by atoms with van der Waals surface area (Å²) in [6, 6.07) is 0. The minimum atomic E-state index is -1.02. The van der Waals surface area contributed by atoms with Crippen LogP contribution >= 0.6 is 0 Å². The molecule has 0 saturated carbocycles. The smallest absolute Gasteiger partial charge is 0.334 e. The van der Waals surface area contributed by atoms with Gasteiger partial charge in [-0.15, -0.1) is 0 Å². The molecule has 1 atom stereocenters. The van der Waals surface area contributed by atoms with Crippen molar-refractivity contribution in [2.75, 3.05) is 0 Å². The maximum absolute atomic E-state index is 9.96. The summed E-state index contributed by atoms with van der Waals surface area (Å²) in [6.07, 6.45) is -0.457. The number of rotatable bonds is 3. The van der Waals surface area contributed by atoms with E-state index < -0.39 is 12.1 Å². The molecule has 0 radical (unpaired) electrons. The van der Waals surface area contributed by atoms with Gasteiger partial charge in [0.1, 0.15) is 0 Å². The quantitative estimate of drug-likeness (QED) is 0.502. The van der Waals surface area contributed by atoms with E-state index in [9.17, 15) is 4.79 Å². The molecular formula is C4H9NO3. The van der Waals surface area contributed by atoms with Crippen molar-refractivity contribution >= 4 is 5.97 Å². The molecule has 0 rings (SSSR count). The van der Waals surface area contributed by atoms with Gasteiger partial charge in [-0.1, -0.05) is 6.92 Å². The Morgan fingerprint density at radius 2 is 2.50 bits per heavy atom. The summed E-state index contributed by atoms with van der Waals surface area (Å²) in [5, 5.41) is 8.17. The molecule has 0 amide bonds. The summed E-state index contributed by atoms with van der Waals surface area (Å²) in [7, 11) is 0. The Labute approximate surface area is 47.2 Å². The predicted octanol–water partition coefficient (Wildman–Crippen LogP) is -0.260. The third-order valence-electron chi connectivity index (χ3n) is 0.810. The number of hydrogen-bond donors (Lipinski definition) is 2. The Kier molecular flexibility index (Phi) is 3.14. The minimum absolute atomic E-state index is 0.395. The Balaban J connectivity index is 3.52. The number of hydrogen-bond acceptors (Lipinski definition) is 3. The number of aliphatic carboxylic acids is 1. The molecule has 0 aliphatic rings. The fourth-order valence-corrected chi connectivity index (χ4v) is 0.329. The van der Waals surface area contributed by atoms with Gasteiger partial charge in [0.05, 0.1) is 0 Å². The van der Waals surface area contributed by atoms with Crippen molar-refractivity contribution < 1.29 is 14.7 Å². The summed E-state index contributed by atoms with van der Waals surface area (Å²) >= 11 is 0. The monoisotopic (exact) mass is 119 g/mol. The Morgan fingerprint density at radius 3 is 2.50 bits per heavy atom. The standard InChI is InChI=1S/C4H9NO3/c1-2-3(8-5)4(6)7/h3H,2,5H2,1H3,(H,6,7)/t3-/m0/s1. The first kappa shape index (κ1) is 7.39. The molecule has 3 N–H and O–H groups in total. The minimum Gasteiger partial charge on any atom is -0.479 e. The largest absolute Gasteiger partial charge is 0.479 e. The molecule has 0 fully saturated rings. The van der Waals surface area contributed by atoms with Crippen LogP contribution in [0.2, 0.25) is 0 Å². The second kappa shape index (κ2) is 3.40. The number of nitrogens with two attached hydrogens (primary N) is 1. The predicted molar refractivity (Wildman–Crippen MR) is 27.0 cm³/mol. The second-order valence-electron chi connectivity index (χ2n) is 1.37. The van der Waals surface area contributed by atoms with E-state index in [0.717, 1.165) is 0 Å². The van der Waals surface area contributed by atoms with Gasteiger partial charge in [-0.05, 0) is 6.42 Å². The second-order valence-corrected chi connectivity index (χ2v) is 1.37. The molecule has 0 heterocycles. The highest BCUT2D eigenvalue weighted by atomic mass is 16.6. The molecule has 4 nitrogen and oxygen atoms in total. The zero-order valence-corrected chi connectivity index (χ0v) is 4.63. The Morgan fingerprint density at radius 1 is 2.00 bits per heavy atom. The van der Waals surface area contributed by atoms with Gasteiger partial charge in [-0.25, -0.2) is 10.7 Å². The van der Waals surface area contributed by atoms with Gasteiger partial charge in [0.15, 0.2) is 6.10 Å². The first-order valence-corrected chi connectivity index (χ1v) is 2.30. The van der Waals surface area contributed by atoms with Crippen LogP contribution in [0.15, 0.2) is 0 Å². The Hall–Kier alpha value is -0.610. The van der Waals surface area contributed by atoms with Crippen molar-refractivity contribution in [3.05, 3.63) is 0 Å². The van der Waals surface area contributed by atoms with Gasteiger partial charge >= 0.3 is 5.97 Å². The van der Waals surface area contributed by atoms with Crippen molar-refractivity contribution in [1.82, 2.24) is 0 Å². The lowest BCUT2D eigenvalue weighted by Gasteiger charge is -2.03. The SMILES string of the molecule is CC[C@H](ON)C(=O)O. The molecule has 48 valence electrons. The maximum Gasteiger partial charge on any atom is 0.334 e. The third kappa shape index (κ3) is 1.90. The van der Waals surface area contributed by atoms with E-state index in [-0.39, 0.29) is 0 Å². The highest BCUT2D eigenvalue weighted by Crippen LogP contribution is 1.91. The van der Waals surface area contributed by atoms with Crippen LogP contribution in [0.5, 0.6) is 0 Å². The van der Waals surface area contributed by atoms with Crippen LogP contribution in [0, 0.1) is 0 Å². The summed E-state index contributed by atoms with van der Waals surface area (Å²) in [6.45, 7) is 1.69. The normalized spacial score (nSPS) is 13.2. The molecule has 4 heteroatoms. The van der Waals surface area contributed by atoms with E-state index in [0.29, 0.717) is 6.42 Å². The molecule has 0 aromatic heterocycles. The lowest BCUT2D eigenvalue weighted by Crippen LogP contribution is -2.25. The molecule has 0 aliphatic carbocycles. The van der Waals surface area contributed by atoms with Crippen molar-refractivity contribution in [3.63, 3.8) is 0 Å². The van der Waals surface area contributed by atoms with Crippen molar-refractivity contribution in [1.29, 1.82) is 0 Å². The van der Waals surface area contributed by atoms with Gasteiger partial charge < -0.3 is 5.11 Å². The molecule has 0 unspecified atom stereocenters. The van der Waals surface area contributed by atoms with Gasteiger partial charge in [0.25, 0.3) is 0 Å². The van der Waals surface area contributed by atoms with Crippen molar-refractivity contribution in [2.24, 2.45) is 5.90 Å². The van der Waals surface area contributed by atoms with E-state index in [1.54, 1.807) is 6.92 Å². The molecular weight excluding hydrogens is 110 g/mol. The van der Waals surface area contributed by atoms with Crippen LogP contribution in [-0.4, -0.2) is 17.2 Å². The average molecular weight is 119 g/mol. The molecule has 0 aromatic rings. The van der Waals surface area contributed by atoms with Gasteiger partial charge in [-0.2, -0.15) is 0 Å². The number of carboxylic acids is 1. The lowest BCUT2D eigenvalue weighted by atomic mass is 10.3. The topological polar surface area (TPSA) is 72.5 Å². The van der Waals surface area contributed by atoms with Crippen LogP contribution in [0.1, 0.15) is 13.3 Å². The molecule has 0 aromatic carbocycles. The Bertz CT molecular complexity index is 79.4. The number of carbonyl (C=O) groups is 1.